The smallest absolute Gasteiger partial charge is 0.410 e. The molecule has 2 fully saturated rings. The molecule has 0 unspecified atom stereocenters. The molecule has 24 heavy (non-hydrogen) atoms. The Morgan fingerprint density at radius 3 is 2.38 bits per heavy atom. The molecule has 2 saturated heterocycles. The van der Waals surface area contributed by atoms with Crippen molar-refractivity contribution in [2.45, 2.75) is 23.8 Å². The second-order valence-corrected chi connectivity index (χ2v) is 7.98. The number of piperidine rings is 1. The van der Waals surface area contributed by atoms with Gasteiger partial charge in [0.1, 0.15) is 12.4 Å². The highest BCUT2D eigenvalue weighted by Gasteiger charge is 2.34. The van der Waals surface area contributed by atoms with Gasteiger partial charge in [-0.05, 0) is 25.0 Å². The Kier molecular flexibility index (Phi) is 4.75. The zero-order valence-electron chi connectivity index (χ0n) is 13.3. The lowest BCUT2D eigenvalue weighted by atomic mass is 10.0. The number of amides is 2. The van der Waals surface area contributed by atoms with E-state index in [0.717, 1.165) is 0 Å². The van der Waals surface area contributed by atoms with Crippen molar-refractivity contribution >= 4 is 21.8 Å². The molecule has 0 spiro atoms. The standard InChI is InChI=1S/C16H20N2O5S/c19-15(12-24(21,22)14-4-2-1-3-5-14)17-8-6-13(7-9-17)18-10-11-23-16(18)20/h1-5,13H,6-12H2. The lowest BCUT2D eigenvalue weighted by molar-refractivity contribution is -0.129. The van der Waals surface area contributed by atoms with Crippen molar-refractivity contribution in [2.75, 3.05) is 32.0 Å². The molecule has 2 heterocycles. The fourth-order valence-corrected chi connectivity index (χ4v) is 4.38. The van der Waals surface area contributed by atoms with Crippen molar-refractivity contribution in [1.29, 1.82) is 0 Å². The summed E-state index contributed by atoms with van der Waals surface area (Å²) >= 11 is 0. The second kappa shape index (κ2) is 6.80. The SMILES string of the molecule is O=C(CS(=O)(=O)c1ccccc1)N1CCC(N2CCOC2=O)CC1. The summed E-state index contributed by atoms with van der Waals surface area (Å²) in [6.45, 7) is 1.91. The highest BCUT2D eigenvalue weighted by Crippen LogP contribution is 2.20. The maximum atomic E-state index is 12.3. The van der Waals surface area contributed by atoms with Crippen LogP contribution in [0.3, 0.4) is 0 Å². The Balaban J connectivity index is 1.57. The van der Waals surface area contributed by atoms with Crippen LogP contribution in [-0.4, -0.2) is 68.3 Å². The van der Waals surface area contributed by atoms with Gasteiger partial charge < -0.3 is 14.5 Å². The Hall–Kier alpha value is -2.09. The van der Waals surface area contributed by atoms with E-state index in [1.165, 1.54) is 12.1 Å². The van der Waals surface area contributed by atoms with Crippen molar-refractivity contribution < 1.29 is 22.7 Å². The maximum Gasteiger partial charge on any atom is 0.410 e. The highest BCUT2D eigenvalue weighted by molar-refractivity contribution is 7.92. The Labute approximate surface area is 141 Å². The van der Waals surface area contributed by atoms with Gasteiger partial charge >= 0.3 is 6.09 Å². The number of nitrogens with zero attached hydrogens (tertiary/aromatic N) is 2. The molecule has 1 aromatic carbocycles. The first-order chi connectivity index (χ1) is 11.5. The minimum absolute atomic E-state index is 0.0646. The predicted molar refractivity (Wildman–Crippen MR) is 86.2 cm³/mol. The molecule has 0 aromatic heterocycles. The number of ether oxygens (including phenoxy) is 1. The molecule has 0 radical (unpaired) electrons. The summed E-state index contributed by atoms with van der Waals surface area (Å²) in [6.07, 6.45) is 0.991. The highest BCUT2D eigenvalue weighted by atomic mass is 32.2. The van der Waals surface area contributed by atoms with Crippen LogP contribution in [-0.2, 0) is 19.4 Å². The van der Waals surface area contributed by atoms with Crippen LogP contribution in [0.4, 0.5) is 4.79 Å². The van der Waals surface area contributed by atoms with Gasteiger partial charge in [0.05, 0.1) is 11.4 Å². The molecule has 2 amide bonds. The Bertz CT molecular complexity index is 711. The monoisotopic (exact) mass is 352 g/mol. The summed E-state index contributed by atoms with van der Waals surface area (Å²) in [7, 11) is -3.62. The third-order valence-corrected chi connectivity index (χ3v) is 6.08. The Morgan fingerprint density at radius 1 is 1.12 bits per heavy atom. The zero-order valence-corrected chi connectivity index (χ0v) is 14.1. The van der Waals surface area contributed by atoms with Crippen molar-refractivity contribution in [3.8, 4) is 0 Å². The van der Waals surface area contributed by atoms with Crippen LogP contribution in [0.15, 0.2) is 35.2 Å². The van der Waals surface area contributed by atoms with Crippen molar-refractivity contribution in [2.24, 2.45) is 0 Å². The molecule has 8 heteroatoms. The van der Waals surface area contributed by atoms with Crippen LogP contribution >= 0.6 is 0 Å². The molecule has 2 aliphatic heterocycles. The van der Waals surface area contributed by atoms with Gasteiger partial charge in [-0.15, -0.1) is 0 Å². The lowest BCUT2D eigenvalue weighted by Gasteiger charge is -2.35. The van der Waals surface area contributed by atoms with Crippen LogP contribution < -0.4 is 0 Å². The van der Waals surface area contributed by atoms with Gasteiger partial charge in [0.25, 0.3) is 0 Å². The van der Waals surface area contributed by atoms with Gasteiger partial charge in [-0.1, -0.05) is 18.2 Å². The number of carbonyl (C=O) groups is 2. The lowest BCUT2D eigenvalue weighted by Crippen LogP contribution is -2.48. The number of benzene rings is 1. The van der Waals surface area contributed by atoms with E-state index >= 15 is 0 Å². The third-order valence-electron chi connectivity index (χ3n) is 4.47. The third kappa shape index (κ3) is 3.53. The molecule has 3 rings (SSSR count). The summed E-state index contributed by atoms with van der Waals surface area (Å²) < 4.78 is 29.5. The Morgan fingerprint density at radius 2 is 1.79 bits per heavy atom. The van der Waals surface area contributed by atoms with Crippen LogP contribution in [0.1, 0.15) is 12.8 Å². The first-order valence-electron chi connectivity index (χ1n) is 7.96. The summed E-state index contributed by atoms with van der Waals surface area (Å²) in [5.41, 5.74) is 0. The van der Waals surface area contributed by atoms with E-state index in [2.05, 4.69) is 0 Å². The minimum Gasteiger partial charge on any atom is -0.448 e. The van der Waals surface area contributed by atoms with E-state index in [0.29, 0.717) is 39.1 Å². The molecule has 2 aliphatic rings. The quantitative estimate of drug-likeness (QED) is 0.804. The average molecular weight is 352 g/mol. The molecule has 0 aliphatic carbocycles. The summed E-state index contributed by atoms with van der Waals surface area (Å²) in [4.78, 5) is 27.3. The molecule has 1 aromatic rings. The van der Waals surface area contributed by atoms with Crippen molar-refractivity contribution in [3.05, 3.63) is 30.3 Å². The molecule has 0 atom stereocenters. The fraction of sp³-hybridized carbons (Fsp3) is 0.500. The summed E-state index contributed by atoms with van der Waals surface area (Å²) in [5.74, 6) is -0.908. The van der Waals surface area contributed by atoms with Crippen LogP contribution in [0.5, 0.6) is 0 Å². The first-order valence-corrected chi connectivity index (χ1v) is 9.61. The molecule has 7 nitrogen and oxygen atoms in total. The zero-order chi connectivity index (χ0) is 17.2. The van der Waals surface area contributed by atoms with Gasteiger partial charge in [-0.25, -0.2) is 13.2 Å². The number of cyclic esters (lactones) is 1. The van der Waals surface area contributed by atoms with Crippen LogP contribution in [0.2, 0.25) is 0 Å². The molecule has 0 N–H and O–H groups in total. The maximum absolute atomic E-state index is 12.3. The predicted octanol–water partition coefficient (Wildman–Crippen LogP) is 0.904. The number of likely N-dealkylation sites (tertiary alicyclic amines) is 1. The normalized spacial score (nSPS) is 19.4. The minimum atomic E-state index is -3.62. The van der Waals surface area contributed by atoms with Gasteiger partial charge in [0.2, 0.25) is 5.91 Å². The largest absolute Gasteiger partial charge is 0.448 e. The van der Waals surface area contributed by atoms with E-state index in [1.54, 1.807) is 28.0 Å². The van der Waals surface area contributed by atoms with Crippen LogP contribution in [0, 0.1) is 0 Å². The number of carbonyl (C=O) groups excluding carboxylic acids is 2. The van der Waals surface area contributed by atoms with E-state index in [4.69, 9.17) is 4.74 Å². The van der Waals surface area contributed by atoms with Crippen molar-refractivity contribution in [3.63, 3.8) is 0 Å². The van der Waals surface area contributed by atoms with Gasteiger partial charge in [-0.2, -0.15) is 0 Å². The molecular formula is C16H20N2O5S. The number of sulfone groups is 1. The van der Waals surface area contributed by atoms with Gasteiger partial charge in [-0.3, -0.25) is 4.79 Å². The van der Waals surface area contributed by atoms with E-state index in [1.807, 2.05) is 0 Å². The number of rotatable bonds is 4. The number of hydrogen-bond acceptors (Lipinski definition) is 5. The second-order valence-electron chi connectivity index (χ2n) is 5.99. The van der Waals surface area contributed by atoms with E-state index < -0.39 is 15.6 Å². The number of hydrogen-bond donors (Lipinski definition) is 0. The fourth-order valence-electron chi connectivity index (χ4n) is 3.13. The molecule has 0 saturated carbocycles. The summed E-state index contributed by atoms with van der Waals surface area (Å²) in [5, 5.41) is 0. The van der Waals surface area contributed by atoms with Crippen LogP contribution in [0.25, 0.3) is 0 Å². The van der Waals surface area contributed by atoms with Gasteiger partial charge in [0, 0.05) is 19.1 Å². The van der Waals surface area contributed by atoms with E-state index in [-0.39, 0.29) is 22.9 Å². The van der Waals surface area contributed by atoms with Crippen molar-refractivity contribution in [1.82, 2.24) is 9.80 Å². The first kappa shape index (κ1) is 16.8. The average Bonchev–Trinajstić information content (AvgIpc) is 3.01. The summed E-state index contributed by atoms with van der Waals surface area (Å²) in [6, 6.07) is 8.06. The topological polar surface area (TPSA) is 84.0 Å². The van der Waals surface area contributed by atoms with E-state index in [9.17, 15) is 18.0 Å². The molecular weight excluding hydrogens is 332 g/mol. The molecule has 130 valence electrons. The van der Waals surface area contributed by atoms with Gasteiger partial charge in [0.15, 0.2) is 9.84 Å². The molecule has 0 bridgehead atoms.